The van der Waals surface area contributed by atoms with Crippen molar-refractivity contribution in [2.24, 2.45) is 0 Å². The summed E-state index contributed by atoms with van der Waals surface area (Å²) >= 11 is 0. The number of nitrogens with zero attached hydrogens (tertiary/aromatic N) is 2. The number of aryl methyl sites for hydroxylation is 2. The minimum atomic E-state index is -0.0324. The van der Waals surface area contributed by atoms with Crippen molar-refractivity contribution in [3.8, 4) is 11.4 Å². The molecule has 2 aromatic carbocycles. The molecule has 4 rings (SSSR count). The Bertz CT molecular complexity index is 1060. The number of fused-ring (bicyclic) bond motifs is 1. The first-order chi connectivity index (χ1) is 12.7. The molecule has 26 heavy (non-hydrogen) atoms. The maximum absolute atomic E-state index is 12.5. The average Bonchev–Trinajstić information content (AvgIpc) is 3.27. The van der Waals surface area contributed by atoms with Crippen molar-refractivity contribution in [2.75, 3.05) is 5.32 Å². The van der Waals surface area contributed by atoms with E-state index in [9.17, 15) is 4.79 Å². The van der Waals surface area contributed by atoms with Gasteiger partial charge in [0.15, 0.2) is 5.82 Å². The summed E-state index contributed by atoms with van der Waals surface area (Å²) < 4.78 is 0. The second kappa shape index (κ2) is 6.84. The molecule has 130 valence electrons. The Morgan fingerprint density at radius 2 is 1.92 bits per heavy atom. The lowest BCUT2D eigenvalue weighted by molar-refractivity contribution is -0.116. The molecule has 1 amide bonds. The van der Waals surface area contributed by atoms with Crippen molar-refractivity contribution in [3.63, 3.8) is 0 Å². The Balaban J connectivity index is 1.47. The first kappa shape index (κ1) is 16.1. The van der Waals surface area contributed by atoms with Crippen molar-refractivity contribution >= 4 is 22.5 Å². The molecule has 0 aliphatic rings. The minimum absolute atomic E-state index is 0.0324. The quantitative estimate of drug-likeness (QED) is 0.514. The van der Waals surface area contributed by atoms with Gasteiger partial charge in [0.1, 0.15) is 5.82 Å². The third-order valence-corrected chi connectivity index (χ3v) is 4.34. The van der Waals surface area contributed by atoms with Gasteiger partial charge in [0.2, 0.25) is 5.91 Å². The highest BCUT2D eigenvalue weighted by Gasteiger charge is 2.12. The van der Waals surface area contributed by atoms with Crippen LogP contribution in [0.5, 0.6) is 0 Å². The highest BCUT2D eigenvalue weighted by atomic mass is 16.1. The number of nitrogens with one attached hydrogen (secondary N) is 3. The largest absolute Gasteiger partial charge is 0.361 e. The highest BCUT2D eigenvalue weighted by Crippen LogP contribution is 2.25. The normalized spacial score (nSPS) is 11.0. The van der Waals surface area contributed by atoms with E-state index in [2.05, 4.69) is 31.5 Å². The molecule has 2 heterocycles. The molecule has 2 aromatic heterocycles. The maximum Gasteiger partial charge on any atom is 0.224 e. The number of anilines is 1. The summed E-state index contributed by atoms with van der Waals surface area (Å²) in [5.41, 5.74) is 3.76. The van der Waals surface area contributed by atoms with Gasteiger partial charge in [-0.15, -0.1) is 0 Å². The van der Waals surface area contributed by atoms with Gasteiger partial charge in [-0.05, 0) is 37.1 Å². The molecule has 0 bridgehead atoms. The van der Waals surface area contributed by atoms with Gasteiger partial charge < -0.3 is 10.3 Å². The molecular weight excluding hydrogens is 326 g/mol. The predicted molar refractivity (Wildman–Crippen MR) is 102 cm³/mol. The van der Waals surface area contributed by atoms with Crippen molar-refractivity contribution in [3.05, 3.63) is 66.1 Å². The topological polar surface area (TPSA) is 86.5 Å². The average molecular weight is 345 g/mol. The van der Waals surface area contributed by atoms with Gasteiger partial charge in [0, 0.05) is 29.1 Å². The molecule has 0 atom stereocenters. The highest BCUT2D eigenvalue weighted by molar-refractivity contribution is 5.95. The van der Waals surface area contributed by atoms with Crippen LogP contribution in [0.4, 0.5) is 5.69 Å². The standard InChI is InChI=1S/C20H19N5O/c1-13-22-20(25-24-13)16-7-3-5-9-18(16)23-19(26)11-10-14-12-21-17-8-4-2-6-15(14)17/h2-9,12,21H,10-11H2,1H3,(H,23,26)(H,22,24,25). The Morgan fingerprint density at radius 1 is 1.12 bits per heavy atom. The van der Waals surface area contributed by atoms with Gasteiger partial charge in [0.05, 0.1) is 5.69 Å². The zero-order chi connectivity index (χ0) is 17.9. The molecule has 0 unspecified atom stereocenters. The van der Waals surface area contributed by atoms with Gasteiger partial charge in [0.25, 0.3) is 0 Å². The van der Waals surface area contributed by atoms with E-state index < -0.39 is 0 Å². The fraction of sp³-hybridized carbons (Fsp3) is 0.150. The third-order valence-electron chi connectivity index (χ3n) is 4.34. The van der Waals surface area contributed by atoms with Crippen LogP contribution in [0.3, 0.4) is 0 Å². The number of benzene rings is 2. The van der Waals surface area contributed by atoms with Gasteiger partial charge in [-0.25, -0.2) is 4.98 Å². The number of aromatic amines is 2. The van der Waals surface area contributed by atoms with Gasteiger partial charge in [-0.2, -0.15) is 5.10 Å². The number of para-hydroxylation sites is 2. The van der Waals surface area contributed by atoms with E-state index in [1.165, 1.54) is 0 Å². The number of rotatable bonds is 5. The molecule has 3 N–H and O–H groups in total. The summed E-state index contributed by atoms with van der Waals surface area (Å²) in [6.45, 7) is 1.85. The summed E-state index contributed by atoms with van der Waals surface area (Å²) in [5.74, 6) is 1.28. The summed E-state index contributed by atoms with van der Waals surface area (Å²) in [5, 5.41) is 11.2. The number of carbonyl (C=O) groups is 1. The second-order valence-electron chi connectivity index (χ2n) is 6.20. The van der Waals surface area contributed by atoms with Crippen LogP contribution in [0.25, 0.3) is 22.3 Å². The van der Waals surface area contributed by atoms with Crippen molar-refractivity contribution in [1.82, 2.24) is 20.2 Å². The number of hydrogen-bond acceptors (Lipinski definition) is 3. The van der Waals surface area contributed by atoms with E-state index in [-0.39, 0.29) is 5.91 Å². The number of carbonyl (C=O) groups excluding carboxylic acids is 1. The van der Waals surface area contributed by atoms with Crippen LogP contribution >= 0.6 is 0 Å². The van der Waals surface area contributed by atoms with Crippen molar-refractivity contribution < 1.29 is 4.79 Å². The van der Waals surface area contributed by atoms with Crippen molar-refractivity contribution in [2.45, 2.75) is 19.8 Å². The van der Waals surface area contributed by atoms with Crippen LogP contribution in [-0.2, 0) is 11.2 Å². The molecule has 6 heteroatoms. The smallest absolute Gasteiger partial charge is 0.224 e. The lowest BCUT2D eigenvalue weighted by Crippen LogP contribution is -2.13. The fourth-order valence-electron chi connectivity index (χ4n) is 3.05. The van der Waals surface area contributed by atoms with Crippen LogP contribution in [0.1, 0.15) is 17.8 Å². The Hall–Kier alpha value is -3.41. The maximum atomic E-state index is 12.5. The Morgan fingerprint density at radius 3 is 2.77 bits per heavy atom. The van der Waals surface area contributed by atoms with Gasteiger partial charge in [-0.1, -0.05) is 30.3 Å². The van der Waals surface area contributed by atoms with Crippen LogP contribution in [-0.4, -0.2) is 26.1 Å². The first-order valence-electron chi connectivity index (χ1n) is 8.54. The summed E-state index contributed by atoms with van der Waals surface area (Å²) in [6, 6.07) is 15.7. The zero-order valence-electron chi connectivity index (χ0n) is 14.4. The molecule has 0 saturated heterocycles. The molecule has 4 aromatic rings. The molecule has 0 spiro atoms. The van der Waals surface area contributed by atoms with Gasteiger partial charge in [-0.3, -0.25) is 9.89 Å². The number of hydrogen-bond donors (Lipinski definition) is 3. The number of aromatic nitrogens is 4. The molecule has 6 nitrogen and oxygen atoms in total. The zero-order valence-corrected chi connectivity index (χ0v) is 14.4. The SMILES string of the molecule is Cc1nc(-c2ccccc2NC(=O)CCc2c[nH]c3ccccc23)n[nH]1. The summed E-state index contributed by atoms with van der Waals surface area (Å²) in [4.78, 5) is 20.1. The molecule has 0 saturated carbocycles. The minimum Gasteiger partial charge on any atom is -0.361 e. The summed E-state index contributed by atoms with van der Waals surface area (Å²) in [6.07, 6.45) is 3.06. The monoisotopic (exact) mass is 345 g/mol. The van der Waals surface area contributed by atoms with Crippen LogP contribution in [0, 0.1) is 6.92 Å². The van der Waals surface area contributed by atoms with E-state index in [1.54, 1.807) is 0 Å². The van der Waals surface area contributed by atoms with Gasteiger partial charge >= 0.3 is 0 Å². The molecular formula is C20H19N5O. The number of amides is 1. The van der Waals surface area contributed by atoms with Crippen LogP contribution < -0.4 is 5.32 Å². The Kier molecular flexibility index (Phi) is 4.23. The van der Waals surface area contributed by atoms with E-state index >= 15 is 0 Å². The first-order valence-corrected chi connectivity index (χ1v) is 8.54. The molecule has 0 fully saturated rings. The van der Waals surface area contributed by atoms with Crippen LogP contribution in [0.2, 0.25) is 0 Å². The lowest BCUT2D eigenvalue weighted by Gasteiger charge is -2.09. The van der Waals surface area contributed by atoms with E-state index in [1.807, 2.05) is 55.6 Å². The molecule has 0 aliphatic heterocycles. The Labute approximate surface area is 150 Å². The fourth-order valence-corrected chi connectivity index (χ4v) is 3.05. The predicted octanol–water partition coefficient (Wildman–Crippen LogP) is 3.83. The second-order valence-corrected chi connectivity index (χ2v) is 6.20. The summed E-state index contributed by atoms with van der Waals surface area (Å²) in [7, 11) is 0. The van der Waals surface area contributed by atoms with E-state index in [0.29, 0.717) is 18.7 Å². The van der Waals surface area contributed by atoms with Crippen LogP contribution in [0.15, 0.2) is 54.7 Å². The van der Waals surface area contributed by atoms with Crippen molar-refractivity contribution in [1.29, 1.82) is 0 Å². The molecule has 0 aliphatic carbocycles. The lowest BCUT2D eigenvalue weighted by atomic mass is 10.1. The third kappa shape index (κ3) is 3.21. The number of H-pyrrole nitrogens is 2. The molecule has 0 radical (unpaired) electrons. The van der Waals surface area contributed by atoms with E-state index in [4.69, 9.17) is 0 Å². The van der Waals surface area contributed by atoms with E-state index in [0.717, 1.165) is 33.5 Å².